The normalized spacial score (nSPS) is 25.9. The summed E-state index contributed by atoms with van der Waals surface area (Å²) in [6.07, 6.45) is 3.50. The van der Waals surface area contributed by atoms with E-state index in [0.717, 1.165) is 25.7 Å². The van der Waals surface area contributed by atoms with E-state index in [1.54, 1.807) is 20.8 Å². The SMILES string of the molecule is CC(=O)N(C1CCC(C)(C)CC1)[C@H]1C[C@@H](C(=O)O)N(C(=O)OC(C)(C)C)C1. The third kappa shape index (κ3) is 5.36. The number of rotatable bonds is 3. The quantitative estimate of drug-likeness (QED) is 0.809. The van der Waals surface area contributed by atoms with E-state index in [0.29, 0.717) is 0 Å². The number of ether oxygens (including phenoxy) is 1. The first kappa shape index (κ1) is 21.5. The molecule has 27 heavy (non-hydrogen) atoms. The van der Waals surface area contributed by atoms with Gasteiger partial charge in [-0.15, -0.1) is 0 Å². The van der Waals surface area contributed by atoms with Gasteiger partial charge in [-0.1, -0.05) is 13.8 Å². The second-order valence-corrected chi connectivity index (χ2v) is 9.70. The maximum absolute atomic E-state index is 12.5. The Bertz CT molecular complexity index is 586. The van der Waals surface area contributed by atoms with Gasteiger partial charge in [-0.05, 0) is 51.9 Å². The van der Waals surface area contributed by atoms with E-state index in [2.05, 4.69) is 13.8 Å². The molecule has 0 spiro atoms. The second kappa shape index (κ2) is 7.68. The first-order valence-corrected chi connectivity index (χ1v) is 9.82. The minimum absolute atomic E-state index is 0.0557. The zero-order chi connectivity index (χ0) is 20.6. The molecule has 1 N–H and O–H groups in total. The molecule has 154 valence electrons. The molecule has 7 nitrogen and oxygen atoms in total. The highest BCUT2D eigenvalue weighted by atomic mass is 16.6. The fourth-order valence-electron chi connectivity index (χ4n) is 4.25. The molecule has 2 rings (SSSR count). The van der Waals surface area contributed by atoms with Crippen LogP contribution in [-0.4, -0.2) is 63.1 Å². The third-order valence-corrected chi connectivity index (χ3v) is 5.65. The van der Waals surface area contributed by atoms with E-state index < -0.39 is 23.7 Å². The Hall–Kier alpha value is -1.79. The molecular weight excluding hydrogens is 348 g/mol. The van der Waals surface area contributed by atoms with Crippen LogP contribution in [0.1, 0.15) is 73.6 Å². The fourth-order valence-corrected chi connectivity index (χ4v) is 4.25. The summed E-state index contributed by atoms with van der Waals surface area (Å²) in [7, 11) is 0. The lowest BCUT2D eigenvalue weighted by Gasteiger charge is -2.42. The average Bonchev–Trinajstić information content (AvgIpc) is 2.92. The van der Waals surface area contributed by atoms with Crippen molar-refractivity contribution in [3.63, 3.8) is 0 Å². The molecule has 1 heterocycles. The van der Waals surface area contributed by atoms with Crippen molar-refractivity contribution in [2.45, 2.75) is 97.4 Å². The highest BCUT2D eigenvalue weighted by Gasteiger charge is 2.46. The van der Waals surface area contributed by atoms with Crippen LogP contribution in [0, 0.1) is 5.41 Å². The van der Waals surface area contributed by atoms with Gasteiger partial charge >= 0.3 is 12.1 Å². The predicted octanol–water partition coefficient (Wildman–Crippen LogP) is 3.27. The summed E-state index contributed by atoms with van der Waals surface area (Å²) in [6.45, 7) is 11.5. The van der Waals surface area contributed by atoms with Gasteiger partial charge in [-0.3, -0.25) is 9.69 Å². The lowest BCUT2D eigenvalue weighted by Crippen LogP contribution is -2.49. The van der Waals surface area contributed by atoms with Crippen molar-refractivity contribution in [1.82, 2.24) is 9.80 Å². The maximum atomic E-state index is 12.5. The number of carbonyl (C=O) groups excluding carboxylic acids is 2. The van der Waals surface area contributed by atoms with Crippen LogP contribution in [0.3, 0.4) is 0 Å². The van der Waals surface area contributed by atoms with Gasteiger partial charge in [-0.2, -0.15) is 0 Å². The number of nitrogens with zero attached hydrogens (tertiary/aromatic N) is 2. The highest BCUT2D eigenvalue weighted by Crippen LogP contribution is 2.38. The van der Waals surface area contributed by atoms with Crippen LogP contribution in [0.25, 0.3) is 0 Å². The molecule has 7 heteroatoms. The Morgan fingerprint density at radius 2 is 1.67 bits per heavy atom. The number of aliphatic carboxylic acids is 1. The topological polar surface area (TPSA) is 87.2 Å². The van der Waals surface area contributed by atoms with Gasteiger partial charge < -0.3 is 14.7 Å². The number of carboxylic acid groups (broad SMARTS) is 1. The Labute approximate surface area is 162 Å². The maximum Gasteiger partial charge on any atom is 0.411 e. The van der Waals surface area contributed by atoms with Gasteiger partial charge in [0.2, 0.25) is 5.91 Å². The minimum Gasteiger partial charge on any atom is -0.480 e. The lowest BCUT2D eigenvalue weighted by atomic mass is 9.75. The molecule has 1 saturated carbocycles. The van der Waals surface area contributed by atoms with Crippen molar-refractivity contribution < 1.29 is 24.2 Å². The standard InChI is InChI=1S/C20H34N2O5/c1-13(23)22(14-7-9-20(5,6)10-8-14)15-11-16(17(24)25)21(12-15)18(26)27-19(2,3)4/h14-16H,7-12H2,1-6H3,(H,24,25)/t15-,16-/m0/s1. The van der Waals surface area contributed by atoms with E-state index in [1.165, 1.54) is 11.8 Å². The second-order valence-electron chi connectivity index (χ2n) is 9.70. The summed E-state index contributed by atoms with van der Waals surface area (Å²) in [5, 5.41) is 9.60. The van der Waals surface area contributed by atoms with Crippen molar-refractivity contribution in [3.05, 3.63) is 0 Å². The first-order valence-electron chi connectivity index (χ1n) is 9.82. The van der Waals surface area contributed by atoms with Gasteiger partial charge in [0.05, 0.1) is 6.04 Å². The molecule has 2 fully saturated rings. The monoisotopic (exact) mass is 382 g/mol. The van der Waals surface area contributed by atoms with Crippen molar-refractivity contribution in [2.75, 3.05) is 6.54 Å². The minimum atomic E-state index is -1.06. The number of hydrogen-bond donors (Lipinski definition) is 1. The smallest absolute Gasteiger partial charge is 0.411 e. The van der Waals surface area contributed by atoms with Crippen molar-refractivity contribution in [3.8, 4) is 0 Å². The van der Waals surface area contributed by atoms with Crippen molar-refractivity contribution in [1.29, 1.82) is 0 Å². The van der Waals surface area contributed by atoms with Gasteiger partial charge in [0.1, 0.15) is 11.6 Å². The summed E-state index contributed by atoms with van der Waals surface area (Å²) >= 11 is 0. The number of amides is 2. The van der Waals surface area contributed by atoms with Crippen LogP contribution in [0.4, 0.5) is 4.79 Å². The Morgan fingerprint density at radius 1 is 1.11 bits per heavy atom. The Kier molecular flexibility index (Phi) is 6.12. The van der Waals surface area contributed by atoms with E-state index in [9.17, 15) is 19.5 Å². The predicted molar refractivity (Wildman–Crippen MR) is 101 cm³/mol. The van der Waals surface area contributed by atoms with Gasteiger partial charge in [0, 0.05) is 25.9 Å². The van der Waals surface area contributed by atoms with Crippen LogP contribution < -0.4 is 0 Å². The lowest BCUT2D eigenvalue weighted by molar-refractivity contribution is -0.142. The summed E-state index contributed by atoms with van der Waals surface area (Å²) in [5.41, 5.74) is -0.422. The van der Waals surface area contributed by atoms with Crippen LogP contribution in [-0.2, 0) is 14.3 Å². The summed E-state index contributed by atoms with van der Waals surface area (Å²) in [5.74, 6) is -1.11. The van der Waals surface area contributed by atoms with Gasteiger partial charge in [-0.25, -0.2) is 9.59 Å². The summed E-state index contributed by atoms with van der Waals surface area (Å²) in [6, 6.07) is -1.15. The largest absolute Gasteiger partial charge is 0.480 e. The van der Waals surface area contributed by atoms with Crippen LogP contribution in [0.5, 0.6) is 0 Å². The molecule has 0 radical (unpaired) electrons. The molecular formula is C20H34N2O5. The summed E-state index contributed by atoms with van der Waals surface area (Å²) in [4.78, 5) is 39.8. The molecule has 1 saturated heterocycles. The number of hydrogen-bond acceptors (Lipinski definition) is 4. The molecule has 2 aliphatic rings. The molecule has 0 aromatic carbocycles. The molecule has 0 unspecified atom stereocenters. The molecule has 0 aromatic rings. The van der Waals surface area contributed by atoms with Gasteiger partial charge in [0.15, 0.2) is 0 Å². The average molecular weight is 383 g/mol. The molecule has 0 aromatic heterocycles. The van der Waals surface area contributed by atoms with E-state index in [1.807, 2.05) is 4.90 Å². The molecule has 0 bridgehead atoms. The first-order chi connectivity index (χ1) is 12.3. The van der Waals surface area contributed by atoms with Crippen molar-refractivity contribution >= 4 is 18.0 Å². The van der Waals surface area contributed by atoms with Crippen LogP contribution >= 0.6 is 0 Å². The fraction of sp³-hybridized carbons (Fsp3) is 0.850. The van der Waals surface area contributed by atoms with Crippen LogP contribution in [0.15, 0.2) is 0 Å². The molecule has 1 aliphatic carbocycles. The number of likely N-dealkylation sites (tertiary alicyclic amines) is 1. The van der Waals surface area contributed by atoms with Crippen LogP contribution in [0.2, 0.25) is 0 Å². The zero-order valence-corrected chi connectivity index (χ0v) is 17.4. The summed E-state index contributed by atoms with van der Waals surface area (Å²) < 4.78 is 5.38. The third-order valence-electron chi connectivity index (χ3n) is 5.65. The van der Waals surface area contributed by atoms with E-state index in [4.69, 9.17) is 4.74 Å². The Morgan fingerprint density at radius 3 is 2.11 bits per heavy atom. The van der Waals surface area contributed by atoms with E-state index >= 15 is 0 Å². The molecule has 1 aliphatic heterocycles. The molecule has 2 atom stereocenters. The highest BCUT2D eigenvalue weighted by molar-refractivity contribution is 5.82. The molecule has 2 amide bonds. The zero-order valence-electron chi connectivity index (χ0n) is 17.4. The van der Waals surface area contributed by atoms with Crippen molar-refractivity contribution in [2.24, 2.45) is 5.41 Å². The Balaban J connectivity index is 2.17. The number of carboxylic acids is 1. The van der Waals surface area contributed by atoms with Gasteiger partial charge in [0.25, 0.3) is 0 Å². The van der Waals surface area contributed by atoms with E-state index in [-0.39, 0.29) is 36.4 Å². The number of carbonyl (C=O) groups is 3.